The molecule has 2 aromatic rings. The fourth-order valence-electron chi connectivity index (χ4n) is 3.21. The molecule has 0 spiro atoms. The van der Waals surface area contributed by atoms with E-state index in [0.29, 0.717) is 0 Å². The van der Waals surface area contributed by atoms with E-state index in [2.05, 4.69) is 10.2 Å². The lowest BCUT2D eigenvalue weighted by molar-refractivity contribution is 0.0952. The molecule has 3 nitrogen and oxygen atoms in total. The van der Waals surface area contributed by atoms with Crippen molar-refractivity contribution in [2.24, 2.45) is 0 Å². The zero-order chi connectivity index (χ0) is 15.2. The van der Waals surface area contributed by atoms with Crippen LogP contribution in [-0.2, 0) is 0 Å². The number of carbonyl (C=O) groups excluding carboxylic acids is 1. The minimum absolute atomic E-state index is 0.0374. The van der Waals surface area contributed by atoms with Crippen LogP contribution in [0.1, 0.15) is 36.0 Å². The predicted octanol–water partition coefficient (Wildman–Crippen LogP) is 3.45. The molecule has 1 N–H and O–H groups in total. The topological polar surface area (TPSA) is 32.3 Å². The summed E-state index contributed by atoms with van der Waals surface area (Å²) in [5.74, 6) is 0.0374. The van der Waals surface area contributed by atoms with Crippen LogP contribution in [0.15, 0.2) is 42.5 Å². The summed E-state index contributed by atoms with van der Waals surface area (Å²) >= 11 is 0. The van der Waals surface area contributed by atoms with E-state index >= 15 is 0 Å². The summed E-state index contributed by atoms with van der Waals surface area (Å²) in [6.07, 6.45) is 5.04. The number of nitrogens with zero attached hydrogens (tertiary/aromatic N) is 1. The molecule has 1 saturated heterocycles. The monoisotopic (exact) mass is 296 g/mol. The average molecular weight is 296 g/mol. The molecule has 2 aromatic carbocycles. The second kappa shape index (κ2) is 7.41. The van der Waals surface area contributed by atoms with Crippen LogP contribution in [0.3, 0.4) is 0 Å². The number of hydrogen-bond acceptors (Lipinski definition) is 2. The molecule has 1 fully saturated rings. The van der Waals surface area contributed by atoms with Crippen LogP contribution in [0.5, 0.6) is 0 Å². The van der Waals surface area contributed by atoms with Gasteiger partial charge in [-0.15, -0.1) is 0 Å². The van der Waals surface area contributed by atoms with Crippen molar-refractivity contribution in [3.05, 3.63) is 48.0 Å². The molecule has 3 rings (SSSR count). The molecule has 1 aliphatic heterocycles. The third-order valence-corrected chi connectivity index (χ3v) is 4.42. The fraction of sp³-hybridized carbons (Fsp3) is 0.421. The number of carbonyl (C=O) groups is 1. The molecule has 0 atom stereocenters. The zero-order valence-electron chi connectivity index (χ0n) is 13.1. The molecular weight excluding hydrogens is 272 g/mol. The van der Waals surface area contributed by atoms with Gasteiger partial charge >= 0.3 is 0 Å². The maximum atomic E-state index is 12.4. The molecule has 3 heteroatoms. The third kappa shape index (κ3) is 3.66. The molecule has 0 aliphatic carbocycles. The molecule has 22 heavy (non-hydrogen) atoms. The minimum atomic E-state index is 0.0374. The van der Waals surface area contributed by atoms with Gasteiger partial charge in [-0.3, -0.25) is 4.79 Å². The highest BCUT2D eigenvalue weighted by Crippen LogP contribution is 2.18. The van der Waals surface area contributed by atoms with Crippen molar-refractivity contribution >= 4 is 16.7 Å². The maximum Gasteiger partial charge on any atom is 0.251 e. The molecule has 0 saturated carbocycles. The van der Waals surface area contributed by atoms with Crippen molar-refractivity contribution in [3.63, 3.8) is 0 Å². The van der Waals surface area contributed by atoms with E-state index in [-0.39, 0.29) is 5.91 Å². The lowest BCUT2D eigenvalue weighted by atomic mass is 10.0. The van der Waals surface area contributed by atoms with E-state index in [4.69, 9.17) is 0 Å². The molecule has 1 heterocycles. The highest BCUT2D eigenvalue weighted by Gasteiger charge is 2.11. The SMILES string of the molecule is O=C(NCCCN1CCCCC1)c1cccc2ccccc12. The number of piperidine rings is 1. The molecule has 1 amide bonds. The fourth-order valence-corrected chi connectivity index (χ4v) is 3.21. The van der Waals surface area contributed by atoms with E-state index < -0.39 is 0 Å². The van der Waals surface area contributed by atoms with Gasteiger partial charge in [0.25, 0.3) is 5.91 Å². The van der Waals surface area contributed by atoms with Gasteiger partial charge in [-0.25, -0.2) is 0 Å². The molecule has 1 aliphatic rings. The number of benzene rings is 2. The Hall–Kier alpha value is -1.87. The van der Waals surface area contributed by atoms with Crippen LogP contribution in [-0.4, -0.2) is 37.0 Å². The smallest absolute Gasteiger partial charge is 0.251 e. The average Bonchev–Trinajstić information content (AvgIpc) is 2.59. The summed E-state index contributed by atoms with van der Waals surface area (Å²) in [5, 5.41) is 5.21. The van der Waals surface area contributed by atoms with Gasteiger partial charge in [0.1, 0.15) is 0 Å². The van der Waals surface area contributed by atoms with Crippen LogP contribution in [0.2, 0.25) is 0 Å². The summed E-state index contributed by atoms with van der Waals surface area (Å²) < 4.78 is 0. The molecule has 0 unspecified atom stereocenters. The Labute approximate surface area is 132 Å². The molecular formula is C19H24N2O. The van der Waals surface area contributed by atoms with E-state index in [0.717, 1.165) is 35.8 Å². The van der Waals surface area contributed by atoms with E-state index in [9.17, 15) is 4.79 Å². The van der Waals surface area contributed by atoms with Gasteiger partial charge in [0.2, 0.25) is 0 Å². The Morgan fingerprint density at radius 1 is 1.00 bits per heavy atom. The Bertz CT molecular complexity index is 627. The first-order chi connectivity index (χ1) is 10.8. The minimum Gasteiger partial charge on any atom is -0.352 e. The van der Waals surface area contributed by atoms with Gasteiger partial charge in [0.15, 0.2) is 0 Å². The van der Waals surface area contributed by atoms with E-state index in [1.54, 1.807) is 0 Å². The molecule has 0 radical (unpaired) electrons. The standard InChI is InChI=1S/C19H24N2O/c22-19(20-12-7-15-21-13-4-1-5-14-21)18-11-6-9-16-8-2-3-10-17(16)18/h2-3,6,8-11H,1,4-5,7,12-15H2,(H,20,22). The summed E-state index contributed by atoms with van der Waals surface area (Å²) in [6.45, 7) is 4.28. The number of nitrogens with one attached hydrogen (secondary N) is 1. The number of hydrogen-bond donors (Lipinski definition) is 1. The lowest BCUT2D eigenvalue weighted by Gasteiger charge is -2.26. The van der Waals surface area contributed by atoms with Crippen LogP contribution >= 0.6 is 0 Å². The summed E-state index contributed by atoms with van der Waals surface area (Å²) in [7, 11) is 0. The highest BCUT2D eigenvalue weighted by molar-refractivity contribution is 6.06. The van der Waals surface area contributed by atoms with Crippen LogP contribution in [0, 0.1) is 0 Å². The van der Waals surface area contributed by atoms with Gasteiger partial charge in [-0.1, -0.05) is 42.8 Å². The second-order valence-electron chi connectivity index (χ2n) is 6.04. The Balaban J connectivity index is 1.53. The van der Waals surface area contributed by atoms with Gasteiger partial charge < -0.3 is 10.2 Å². The first-order valence-corrected chi connectivity index (χ1v) is 8.33. The van der Waals surface area contributed by atoms with Gasteiger partial charge in [0.05, 0.1) is 0 Å². The van der Waals surface area contributed by atoms with Gasteiger partial charge in [-0.05, 0) is 55.7 Å². The lowest BCUT2D eigenvalue weighted by Crippen LogP contribution is -2.33. The quantitative estimate of drug-likeness (QED) is 0.857. The normalized spacial score (nSPS) is 15.8. The number of amides is 1. The van der Waals surface area contributed by atoms with Crippen molar-refractivity contribution < 1.29 is 4.79 Å². The van der Waals surface area contributed by atoms with Gasteiger partial charge in [-0.2, -0.15) is 0 Å². The van der Waals surface area contributed by atoms with Crippen molar-refractivity contribution in [1.82, 2.24) is 10.2 Å². The van der Waals surface area contributed by atoms with Crippen molar-refractivity contribution in [3.8, 4) is 0 Å². The third-order valence-electron chi connectivity index (χ3n) is 4.42. The summed E-state index contributed by atoms with van der Waals surface area (Å²) in [5.41, 5.74) is 0.774. The van der Waals surface area contributed by atoms with E-state index in [1.807, 2.05) is 42.5 Å². The second-order valence-corrected chi connectivity index (χ2v) is 6.04. The Morgan fingerprint density at radius 2 is 1.77 bits per heavy atom. The molecule has 116 valence electrons. The van der Waals surface area contributed by atoms with E-state index in [1.165, 1.54) is 32.4 Å². The Kier molecular flexibility index (Phi) is 5.07. The highest BCUT2D eigenvalue weighted by atomic mass is 16.1. The zero-order valence-corrected chi connectivity index (χ0v) is 13.1. The summed E-state index contributed by atoms with van der Waals surface area (Å²) in [6, 6.07) is 13.9. The van der Waals surface area contributed by atoms with Crippen molar-refractivity contribution in [1.29, 1.82) is 0 Å². The molecule has 0 bridgehead atoms. The van der Waals surface area contributed by atoms with Gasteiger partial charge in [0, 0.05) is 12.1 Å². The predicted molar refractivity (Wildman–Crippen MR) is 91.2 cm³/mol. The first kappa shape index (κ1) is 15.0. The van der Waals surface area contributed by atoms with Crippen LogP contribution < -0.4 is 5.32 Å². The summed E-state index contributed by atoms with van der Waals surface area (Å²) in [4.78, 5) is 14.9. The number of rotatable bonds is 5. The van der Waals surface area contributed by atoms with Crippen LogP contribution in [0.4, 0.5) is 0 Å². The molecule has 0 aromatic heterocycles. The maximum absolute atomic E-state index is 12.4. The Morgan fingerprint density at radius 3 is 2.64 bits per heavy atom. The van der Waals surface area contributed by atoms with Crippen molar-refractivity contribution in [2.45, 2.75) is 25.7 Å². The van der Waals surface area contributed by atoms with Crippen LogP contribution in [0.25, 0.3) is 10.8 Å². The largest absolute Gasteiger partial charge is 0.352 e. The number of fused-ring (bicyclic) bond motifs is 1. The number of likely N-dealkylation sites (tertiary alicyclic amines) is 1. The van der Waals surface area contributed by atoms with Crippen molar-refractivity contribution in [2.75, 3.05) is 26.2 Å². The first-order valence-electron chi connectivity index (χ1n) is 8.33.